The van der Waals surface area contributed by atoms with Crippen molar-refractivity contribution in [3.8, 4) is 0 Å². The Labute approximate surface area is 676 Å². The Morgan fingerprint density at radius 3 is 1.07 bits per heavy atom. The summed E-state index contributed by atoms with van der Waals surface area (Å²) in [5.41, 5.74) is 25.2. The van der Waals surface area contributed by atoms with Gasteiger partial charge < -0.3 is 144 Å². The number of nitrogens with zero attached hydrogens (tertiary/aromatic N) is 7. The highest BCUT2D eigenvalue weighted by atomic mass is 31.3. The SMILES string of the molecule is Cc1cn([C@H]2CC(O)[C@@H](COP(=O)([O-])OP(=O)([O-])OP(=O)([O-])OP(=O)([O-])OCCCCCCN)O2)c(=O)[nH]c1=O.NCCCCCCOP(=O)([O-])OP(=O)([O-])OP(=O)([O-])OP(=O)([O-])OC[C@H]1O[C@@H](n2ccc(N)nc2=O)CC1O.NCCCCCCOP(=O)([O-])OP(=O)([O-])OP(=O)([O-])OP(=O)([O-])OC[C@H]1O[C@@H](n2cnc3c(N)ncnc32)CC1O. The number of unbranched alkanes of at least 4 members (excludes halogenated alkanes) is 9. The number of phosphoric acid groups is 12. The minimum atomic E-state index is -6.38. The number of fused-ring (bicyclic) bond motifs is 1. The molecule has 4 aromatic rings. The van der Waals surface area contributed by atoms with Crippen LogP contribution in [-0.4, -0.2) is 150 Å². The van der Waals surface area contributed by atoms with Crippen LogP contribution in [0.4, 0.5) is 11.6 Å². The first-order valence-corrected chi connectivity index (χ1v) is 51.6. The summed E-state index contributed by atoms with van der Waals surface area (Å²) >= 11 is 0. The largest absolute Gasteiger partial charge is 0.756 e. The van der Waals surface area contributed by atoms with Gasteiger partial charge >= 0.3 is 11.4 Å². The van der Waals surface area contributed by atoms with E-state index in [1.807, 2.05) is 4.98 Å². The second-order valence-electron chi connectivity index (χ2n) is 24.5. The zero-order valence-corrected chi connectivity index (χ0v) is 72.4. The summed E-state index contributed by atoms with van der Waals surface area (Å²) in [6, 6.07) is 1.26. The van der Waals surface area contributed by atoms with E-state index in [2.05, 4.69) is 85.9 Å². The topological polar surface area (TPSA) is 972 Å². The van der Waals surface area contributed by atoms with Gasteiger partial charge in [-0.2, -0.15) is 4.98 Å². The number of nitrogens with one attached hydrogen (secondary N) is 1. The quantitative estimate of drug-likeness (QED) is 0.0147. The monoisotopic (exact) mass is 1970 g/mol. The number of H-pyrrole nitrogens is 1. The predicted molar refractivity (Wildman–Crippen MR) is 372 cm³/mol. The normalized spacial score (nSPS) is 25.6. The lowest BCUT2D eigenvalue weighted by molar-refractivity contribution is -0.260. The Kier molecular flexibility index (Phi) is 42.0. The highest BCUT2D eigenvalue weighted by molar-refractivity contribution is 7.70. The molecule has 0 amide bonds. The molecule has 0 spiro atoms. The van der Waals surface area contributed by atoms with Crippen LogP contribution in [0, 0.1) is 6.92 Å². The van der Waals surface area contributed by atoms with Crippen molar-refractivity contribution < 1.29 is 209 Å². The molecule has 21 atom stereocenters. The highest BCUT2D eigenvalue weighted by Crippen LogP contribution is 2.70. The third-order valence-corrected chi connectivity index (χ3v) is 32.3. The Bertz CT molecular complexity index is 4840. The number of phosphoric ester groups is 6. The molecule has 7 heterocycles. The molecule has 3 aliphatic heterocycles. The van der Waals surface area contributed by atoms with Gasteiger partial charge in [-0.15, -0.1) is 0 Å². The van der Waals surface area contributed by atoms with Crippen molar-refractivity contribution >= 4 is 117 Å². The molecule has 0 radical (unpaired) electrons. The van der Waals surface area contributed by atoms with Gasteiger partial charge in [-0.25, -0.2) is 63.3 Å². The molecule has 15 unspecified atom stereocenters. The zero-order valence-electron chi connectivity index (χ0n) is 61.7. The van der Waals surface area contributed by atoms with Crippen LogP contribution in [0.3, 0.4) is 0 Å². The second kappa shape index (κ2) is 46.8. The molecule has 73 heteroatoms. The zero-order chi connectivity index (χ0) is 90.3. The molecule has 120 heavy (non-hydrogen) atoms. The number of hydrogen-bond donors (Lipinski definition) is 9. The summed E-state index contributed by atoms with van der Waals surface area (Å²) in [5.74, 6) is -0.00962. The average molecular weight is 1970 g/mol. The van der Waals surface area contributed by atoms with Crippen molar-refractivity contribution in [2.75, 3.05) is 70.7 Å². The van der Waals surface area contributed by atoms with E-state index in [0.29, 0.717) is 77.4 Å². The molecular formula is C47H79N13O48P12-12. The second-order valence-corrected chi connectivity index (χ2v) is 42.7. The van der Waals surface area contributed by atoms with Crippen LogP contribution < -0.4 is 104 Å². The summed E-state index contributed by atoms with van der Waals surface area (Å²) in [4.78, 5) is 194. The summed E-state index contributed by atoms with van der Waals surface area (Å²) < 4.78 is 219. The van der Waals surface area contributed by atoms with Crippen molar-refractivity contribution in [2.45, 2.75) is 159 Å². The minimum Gasteiger partial charge on any atom is -0.756 e. The molecule has 0 aliphatic carbocycles. The van der Waals surface area contributed by atoms with Gasteiger partial charge in [0.2, 0.25) is 0 Å². The van der Waals surface area contributed by atoms with Crippen LogP contribution >= 0.6 is 93.9 Å². The molecule has 7 rings (SSSR count). The maximum Gasteiger partial charge on any atom is 0.351 e. The van der Waals surface area contributed by atoms with E-state index in [0.717, 1.165) is 21.7 Å². The number of aliphatic hydroxyl groups is 3. The molecule has 0 bridgehead atoms. The molecule has 3 saturated heterocycles. The van der Waals surface area contributed by atoms with Gasteiger partial charge in [0.05, 0.1) is 64.3 Å². The summed E-state index contributed by atoms with van der Waals surface area (Å²) in [5, 5.41) is 30.4. The molecule has 692 valence electrons. The summed E-state index contributed by atoms with van der Waals surface area (Å²) in [6.45, 7) is -1.96. The number of ether oxygens (including phenoxy) is 3. The van der Waals surface area contributed by atoms with Crippen LogP contribution in [0.2, 0.25) is 0 Å². The van der Waals surface area contributed by atoms with E-state index in [-0.39, 0.29) is 66.9 Å². The maximum absolute atomic E-state index is 12.0. The predicted octanol–water partition coefficient (Wildman–Crippen LogP) is -5.55. The van der Waals surface area contributed by atoms with Gasteiger partial charge in [-0.3, -0.25) is 78.3 Å². The third kappa shape index (κ3) is 38.9. The van der Waals surface area contributed by atoms with E-state index < -0.39 is 206 Å². The van der Waals surface area contributed by atoms with Gasteiger partial charge in [0.1, 0.15) is 54.7 Å². The lowest BCUT2D eigenvalue weighted by Crippen LogP contribution is -2.33. The average Bonchev–Trinajstić information content (AvgIpc) is 1.63. The van der Waals surface area contributed by atoms with E-state index in [1.54, 1.807) is 0 Å². The van der Waals surface area contributed by atoms with Crippen molar-refractivity contribution in [1.29, 1.82) is 0 Å². The van der Waals surface area contributed by atoms with Crippen LogP contribution in [0.1, 0.15) is 121 Å². The Morgan fingerprint density at radius 1 is 0.433 bits per heavy atom. The molecule has 61 nitrogen and oxygen atoms in total. The number of aliphatic hydroxyl groups excluding tert-OH is 3. The van der Waals surface area contributed by atoms with E-state index in [1.165, 1.54) is 30.1 Å². The third-order valence-electron chi connectivity index (χ3n) is 15.0. The molecule has 3 aliphatic rings. The van der Waals surface area contributed by atoms with Crippen molar-refractivity contribution in [3.63, 3.8) is 0 Å². The van der Waals surface area contributed by atoms with Crippen molar-refractivity contribution in [3.05, 3.63) is 68.0 Å². The highest BCUT2D eigenvalue weighted by Gasteiger charge is 2.42. The fourth-order valence-corrected chi connectivity index (χ4v) is 24.1. The Hall–Kier alpha value is -2.97. The molecular weight excluding hydrogens is 1890 g/mol. The lowest BCUT2D eigenvalue weighted by Gasteiger charge is -2.36. The summed E-state index contributed by atoms with van der Waals surface area (Å²) in [6.07, 6.45) is -1.48. The molecule has 3 fully saturated rings. The molecule has 0 saturated carbocycles. The number of aryl methyl sites for hydroxylation is 1. The fraction of sp³-hybridized carbons (Fsp3) is 0.723. The van der Waals surface area contributed by atoms with E-state index in [4.69, 9.17) is 42.9 Å². The first-order chi connectivity index (χ1) is 55.3. The van der Waals surface area contributed by atoms with Gasteiger partial charge in [0, 0.05) is 37.2 Å². The number of hydrogen-bond acceptors (Lipinski definition) is 57. The molecule has 4 aromatic heterocycles. The standard InChI is InChI=1S/C16H30N6O15P4.C16H31N3O17P4.C15H30N4O16P4/c17-5-3-1-2-4-6-32-38(24,25)35-40(28,29)37-41(30,31)36-39(26,27)33-8-12-11(23)7-13(34-12)22-10-21-14-15(18)19-9-20-16(14)22;1-11-9-19(16(22)18-15(11)21)14-8-12(20)13(33-14)10-32-38(25,26)35-40(29,30)36-39(27,28)34-37(23,24)31-7-5-3-2-4-6-17;16-6-3-1-2-4-8-30-36(22,23)33-38(26,27)35-39(28,29)34-37(24,25)31-10-12-11(20)9-14(32-12)19-7-5-13(17)18-15(19)21/h9-13,23H,1-8,17H2,(H,24,25)(H,26,27)(H,28,29)(H,30,31)(H2,18,19,20);9,12-14,20H,2-8,10,17H2,1H3,(H,23,24)(H,25,26)(H,27,28)(H,29,30)(H,18,21,22);5,7,11-12,14,20H,1-4,6,8-10,16H2,(H,22,23)(H,24,25)(H,26,27)(H,28,29)(H2,17,18,21)/p-12/t11?,12-,13-;12?,13-,14-;11?,12-,14-/m111/s1. The fourth-order valence-electron chi connectivity index (χ4n) is 9.79. The molecule has 14 N–H and O–H groups in total. The van der Waals surface area contributed by atoms with Crippen LogP contribution in [0.15, 0.2) is 45.5 Å². The first-order valence-electron chi connectivity index (χ1n) is 34.0. The number of aromatic amines is 1. The number of rotatable bonds is 51. The number of nitrogen functional groups attached to an aromatic ring is 2. The first kappa shape index (κ1) is 108. The number of aromatic nitrogens is 8. The van der Waals surface area contributed by atoms with Gasteiger partial charge in [-0.1, -0.05) is 38.5 Å². The minimum absolute atomic E-state index is 0.0774. The van der Waals surface area contributed by atoms with Crippen LogP contribution in [0.25, 0.3) is 11.2 Å². The van der Waals surface area contributed by atoms with Crippen molar-refractivity contribution in [2.24, 2.45) is 17.2 Å². The van der Waals surface area contributed by atoms with Gasteiger partial charge in [-0.05, 0) is 71.1 Å². The van der Waals surface area contributed by atoms with Crippen LogP contribution in [0.5, 0.6) is 0 Å². The smallest absolute Gasteiger partial charge is 0.351 e. The van der Waals surface area contributed by atoms with E-state index >= 15 is 0 Å². The number of imidazole rings is 1. The van der Waals surface area contributed by atoms with Gasteiger partial charge in [0.25, 0.3) is 99.4 Å². The van der Waals surface area contributed by atoms with Crippen molar-refractivity contribution in [1.82, 2.24) is 38.6 Å². The molecule has 0 aromatic carbocycles. The summed E-state index contributed by atoms with van der Waals surface area (Å²) in [7, 11) is -72.6. The Morgan fingerprint density at radius 2 is 0.742 bits per heavy atom. The Balaban J connectivity index is 0.000000320. The van der Waals surface area contributed by atoms with E-state index in [9.17, 15) is 143 Å². The number of anilines is 2. The number of nitrogens with two attached hydrogens (primary N) is 5. The van der Waals surface area contributed by atoms with Crippen LogP contribution in [-0.2, 0) is 135 Å². The maximum atomic E-state index is 12.0. The van der Waals surface area contributed by atoms with Gasteiger partial charge in [0.15, 0.2) is 11.5 Å². The lowest BCUT2D eigenvalue weighted by atomic mass is 10.2.